The van der Waals surface area contributed by atoms with Crippen LogP contribution in [0.1, 0.15) is 31.2 Å². The van der Waals surface area contributed by atoms with Gasteiger partial charge in [0.15, 0.2) is 18.1 Å². The number of anilines is 2. The fourth-order valence-corrected chi connectivity index (χ4v) is 2.07. The molecule has 0 bridgehead atoms. The number of benzene rings is 1. The first-order chi connectivity index (χ1) is 13.3. The number of nitrogens with two attached hydrogens (primary N) is 1. The van der Waals surface area contributed by atoms with Crippen LogP contribution in [-0.2, 0) is 19.0 Å². The number of esters is 3. The summed E-state index contributed by atoms with van der Waals surface area (Å²) >= 11 is 0. The van der Waals surface area contributed by atoms with Crippen molar-refractivity contribution in [3.8, 4) is 0 Å². The Balaban J connectivity index is 2.10. The van der Waals surface area contributed by atoms with Gasteiger partial charge in [0.25, 0.3) is 5.91 Å². The molecule has 0 fully saturated rings. The maximum atomic E-state index is 12.0. The highest BCUT2D eigenvalue weighted by Crippen LogP contribution is 2.17. The fourth-order valence-electron chi connectivity index (χ4n) is 2.07. The third-order valence-electron chi connectivity index (χ3n) is 3.31. The van der Waals surface area contributed by atoms with Crippen LogP contribution in [0.5, 0.6) is 0 Å². The molecule has 146 valence electrons. The van der Waals surface area contributed by atoms with Crippen LogP contribution in [-0.4, -0.2) is 54.6 Å². The van der Waals surface area contributed by atoms with E-state index in [9.17, 15) is 19.2 Å². The number of hydrogen-bond acceptors (Lipinski definition) is 10. The monoisotopic (exact) mass is 388 g/mol. The number of methoxy groups -OCH3 is 2. The Labute approximate surface area is 158 Å². The molecule has 2 aromatic rings. The van der Waals surface area contributed by atoms with Crippen LogP contribution in [0.15, 0.2) is 30.6 Å². The third kappa shape index (κ3) is 5.00. The van der Waals surface area contributed by atoms with Gasteiger partial charge < -0.3 is 25.3 Å². The summed E-state index contributed by atoms with van der Waals surface area (Å²) in [5, 5.41) is 2.40. The summed E-state index contributed by atoms with van der Waals surface area (Å²) in [7, 11) is 2.34. The van der Waals surface area contributed by atoms with Crippen LogP contribution in [0, 0.1) is 0 Å². The van der Waals surface area contributed by atoms with E-state index in [0.29, 0.717) is 0 Å². The highest BCUT2D eigenvalue weighted by Gasteiger charge is 2.17. The number of nitrogens with one attached hydrogen (secondary N) is 1. The number of carbonyl (C=O) groups excluding carboxylic acids is 4. The van der Waals surface area contributed by atoms with Gasteiger partial charge in [0.1, 0.15) is 0 Å². The van der Waals surface area contributed by atoms with Crippen LogP contribution in [0.2, 0.25) is 0 Å². The van der Waals surface area contributed by atoms with Crippen molar-refractivity contribution in [1.82, 2.24) is 9.97 Å². The molecule has 0 spiro atoms. The third-order valence-corrected chi connectivity index (χ3v) is 3.31. The molecular formula is C17H16N4O7. The van der Waals surface area contributed by atoms with E-state index < -0.39 is 30.4 Å². The highest BCUT2D eigenvalue weighted by molar-refractivity contribution is 6.00. The number of aromatic nitrogens is 2. The van der Waals surface area contributed by atoms with Crippen molar-refractivity contribution in [2.75, 3.05) is 31.9 Å². The van der Waals surface area contributed by atoms with Gasteiger partial charge in [0.2, 0.25) is 0 Å². The summed E-state index contributed by atoms with van der Waals surface area (Å²) < 4.78 is 14.0. The minimum Gasteiger partial charge on any atom is -0.465 e. The SMILES string of the molecule is COC(=O)c1cc(NC(=O)COC(=O)c2nccnc2N)cc(C(=O)OC)c1. The van der Waals surface area contributed by atoms with Crippen LogP contribution < -0.4 is 11.1 Å². The summed E-state index contributed by atoms with van der Waals surface area (Å²) in [6.07, 6.45) is 2.55. The molecular weight excluding hydrogens is 372 g/mol. The van der Waals surface area contributed by atoms with Crippen molar-refractivity contribution in [2.24, 2.45) is 0 Å². The molecule has 0 atom stereocenters. The quantitative estimate of drug-likeness (QED) is 0.524. The standard InChI is InChI=1S/C17H16N4O7/c1-26-15(23)9-5-10(16(24)27-2)7-11(6-9)21-12(22)8-28-17(25)13-14(18)20-4-3-19-13/h3-7H,8H2,1-2H3,(H2,18,20)(H,21,22). The molecule has 0 saturated carbocycles. The number of carbonyl (C=O) groups is 4. The van der Waals surface area contributed by atoms with Gasteiger partial charge in [-0.3, -0.25) is 4.79 Å². The molecule has 0 saturated heterocycles. The van der Waals surface area contributed by atoms with E-state index in [1.165, 1.54) is 44.8 Å². The molecule has 0 aliphatic heterocycles. The Bertz CT molecular complexity index is 895. The van der Waals surface area contributed by atoms with Gasteiger partial charge in [0.05, 0.1) is 25.3 Å². The lowest BCUT2D eigenvalue weighted by atomic mass is 10.1. The Morgan fingerprint density at radius 3 is 2.04 bits per heavy atom. The van der Waals surface area contributed by atoms with E-state index in [0.717, 1.165) is 0 Å². The normalized spacial score (nSPS) is 9.93. The zero-order valence-corrected chi connectivity index (χ0v) is 14.9. The minimum absolute atomic E-state index is 0.0185. The van der Waals surface area contributed by atoms with Crippen LogP contribution in [0.25, 0.3) is 0 Å². The van der Waals surface area contributed by atoms with Crippen molar-refractivity contribution in [1.29, 1.82) is 0 Å². The largest absolute Gasteiger partial charge is 0.465 e. The average molecular weight is 388 g/mol. The molecule has 1 aromatic heterocycles. The molecule has 1 heterocycles. The predicted molar refractivity (Wildman–Crippen MR) is 94.5 cm³/mol. The molecule has 3 N–H and O–H groups in total. The Kier molecular flexibility index (Phi) is 6.58. The molecule has 0 aliphatic carbocycles. The van der Waals surface area contributed by atoms with Crippen molar-refractivity contribution < 1.29 is 33.4 Å². The molecule has 0 aliphatic rings. The van der Waals surface area contributed by atoms with Gasteiger partial charge in [-0.2, -0.15) is 0 Å². The van der Waals surface area contributed by atoms with Crippen LogP contribution in [0.4, 0.5) is 11.5 Å². The summed E-state index contributed by atoms with van der Waals surface area (Å²) in [5.41, 5.74) is 5.42. The Hall–Kier alpha value is -4.02. The molecule has 11 nitrogen and oxygen atoms in total. The van der Waals surface area contributed by atoms with Gasteiger partial charge in [-0.1, -0.05) is 0 Å². The maximum absolute atomic E-state index is 12.0. The number of amides is 1. The molecule has 1 amide bonds. The minimum atomic E-state index is -0.931. The van der Waals surface area contributed by atoms with Crippen molar-refractivity contribution >= 4 is 35.3 Å². The fraction of sp³-hybridized carbons (Fsp3) is 0.176. The first-order valence-corrected chi connectivity index (χ1v) is 7.71. The summed E-state index contributed by atoms with van der Waals surface area (Å²) in [4.78, 5) is 54.8. The van der Waals surface area contributed by atoms with Gasteiger partial charge in [0, 0.05) is 18.1 Å². The van der Waals surface area contributed by atoms with Crippen molar-refractivity contribution in [3.63, 3.8) is 0 Å². The smallest absolute Gasteiger partial charge is 0.361 e. The highest BCUT2D eigenvalue weighted by atomic mass is 16.5. The number of rotatable bonds is 6. The van der Waals surface area contributed by atoms with Gasteiger partial charge in [-0.05, 0) is 18.2 Å². The maximum Gasteiger partial charge on any atom is 0.361 e. The first-order valence-electron chi connectivity index (χ1n) is 7.71. The van der Waals surface area contributed by atoms with Gasteiger partial charge >= 0.3 is 17.9 Å². The zero-order valence-electron chi connectivity index (χ0n) is 14.9. The number of nitrogens with zero attached hydrogens (tertiary/aromatic N) is 2. The topological polar surface area (TPSA) is 160 Å². The van der Waals surface area contributed by atoms with E-state index in [-0.39, 0.29) is 28.3 Å². The Morgan fingerprint density at radius 1 is 0.929 bits per heavy atom. The van der Waals surface area contributed by atoms with Gasteiger partial charge in [-0.25, -0.2) is 24.4 Å². The predicted octanol–water partition coefficient (Wildman–Crippen LogP) is 0.427. The summed E-state index contributed by atoms with van der Waals surface area (Å²) in [6.45, 7) is -0.662. The van der Waals surface area contributed by atoms with Crippen molar-refractivity contribution in [2.45, 2.75) is 0 Å². The molecule has 28 heavy (non-hydrogen) atoms. The number of hydrogen-bond donors (Lipinski definition) is 2. The van der Waals surface area contributed by atoms with E-state index >= 15 is 0 Å². The molecule has 11 heteroatoms. The van der Waals surface area contributed by atoms with Crippen LogP contribution >= 0.6 is 0 Å². The number of nitrogen functional groups attached to an aromatic ring is 1. The number of ether oxygens (including phenoxy) is 3. The average Bonchev–Trinajstić information content (AvgIpc) is 2.70. The molecule has 2 rings (SSSR count). The lowest BCUT2D eigenvalue weighted by molar-refractivity contribution is -0.119. The lowest BCUT2D eigenvalue weighted by Gasteiger charge is -2.10. The summed E-state index contributed by atoms with van der Waals surface area (Å²) in [6, 6.07) is 3.83. The second kappa shape index (κ2) is 9.07. The van der Waals surface area contributed by atoms with Gasteiger partial charge in [-0.15, -0.1) is 0 Å². The molecule has 0 radical (unpaired) electrons. The van der Waals surface area contributed by atoms with E-state index in [1.54, 1.807) is 0 Å². The van der Waals surface area contributed by atoms with E-state index in [4.69, 9.17) is 10.5 Å². The van der Waals surface area contributed by atoms with Crippen molar-refractivity contribution in [3.05, 3.63) is 47.4 Å². The Morgan fingerprint density at radius 2 is 1.50 bits per heavy atom. The summed E-state index contributed by atoms with van der Waals surface area (Å²) in [5.74, 6) is -3.23. The molecule has 1 aromatic carbocycles. The molecule has 0 unspecified atom stereocenters. The second-order valence-corrected chi connectivity index (χ2v) is 5.20. The lowest BCUT2D eigenvalue weighted by Crippen LogP contribution is -2.22. The first kappa shape index (κ1) is 20.3. The van der Waals surface area contributed by atoms with E-state index in [1.807, 2.05) is 0 Å². The van der Waals surface area contributed by atoms with E-state index in [2.05, 4.69) is 24.8 Å². The second-order valence-electron chi connectivity index (χ2n) is 5.20. The zero-order chi connectivity index (χ0) is 20.7. The van der Waals surface area contributed by atoms with Crippen LogP contribution in [0.3, 0.4) is 0 Å².